The van der Waals surface area contributed by atoms with Gasteiger partial charge in [-0.1, -0.05) is 53.7 Å². The molecule has 0 aliphatic rings. The van der Waals surface area contributed by atoms with Gasteiger partial charge in [0.2, 0.25) is 5.88 Å². The van der Waals surface area contributed by atoms with Crippen LogP contribution in [0.15, 0.2) is 71.3 Å². The quantitative estimate of drug-likeness (QED) is 0.786. The number of hydrogen-bond donors (Lipinski definition) is 1. The largest absolute Gasteiger partial charge is 0.338 e. The summed E-state index contributed by atoms with van der Waals surface area (Å²) in [5.41, 5.74) is 2.20. The fraction of sp³-hybridized carbons (Fsp3) is 0. The van der Waals surface area contributed by atoms with Crippen LogP contribution in [0.2, 0.25) is 0 Å². The molecule has 4 heteroatoms. The van der Waals surface area contributed by atoms with Gasteiger partial charge in [0, 0.05) is 17.2 Å². The smallest absolute Gasteiger partial charge is 0.258 e. The SMILES string of the molecule is O=C(Nc1cc(-c2ccccc2)no1)c1ccccc1. The van der Waals surface area contributed by atoms with Crippen molar-refractivity contribution in [3.63, 3.8) is 0 Å². The summed E-state index contributed by atoms with van der Waals surface area (Å²) in [6, 6.07) is 20.3. The summed E-state index contributed by atoms with van der Waals surface area (Å²) < 4.78 is 5.13. The molecule has 1 aromatic heterocycles. The summed E-state index contributed by atoms with van der Waals surface area (Å²) in [7, 11) is 0. The second kappa shape index (κ2) is 5.40. The number of amides is 1. The maximum atomic E-state index is 12.0. The molecule has 0 atom stereocenters. The molecule has 1 amide bonds. The molecular formula is C16H12N2O2. The van der Waals surface area contributed by atoms with Crippen molar-refractivity contribution in [2.75, 3.05) is 5.32 Å². The van der Waals surface area contributed by atoms with E-state index < -0.39 is 0 Å². The van der Waals surface area contributed by atoms with Crippen molar-refractivity contribution in [2.45, 2.75) is 0 Å². The number of carbonyl (C=O) groups excluding carboxylic acids is 1. The lowest BCUT2D eigenvalue weighted by molar-refractivity contribution is 0.102. The standard InChI is InChI=1S/C16H12N2O2/c19-16(13-9-5-2-6-10-13)17-15-11-14(18-20-15)12-7-3-1-4-8-12/h1-11H,(H,17,19). The Balaban J connectivity index is 1.77. The van der Waals surface area contributed by atoms with Crippen LogP contribution in [0.25, 0.3) is 11.3 Å². The van der Waals surface area contributed by atoms with Gasteiger partial charge in [0.05, 0.1) is 0 Å². The predicted molar refractivity (Wildman–Crippen MR) is 76.3 cm³/mol. The van der Waals surface area contributed by atoms with Gasteiger partial charge in [-0.3, -0.25) is 10.1 Å². The van der Waals surface area contributed by atoms with Gasteiger partial charge in [0.1, 0.15) is 5.69 Å². The van der Waals surface area contributed by atoms with Gasteiger partial charge in [-0.05, 0) is 12.1 Å². The van der Waals surface area contributed by atoms with Crippen molar-refractivity contribution >= 4 is 11.8 Å². The zero-order chi connectivity index (χ0) is 13.8. The number of anilines is 1. The molecular weight excluding hydrogens is 252 g/mol. The van der Waals surface area contributed by atoms with E-state index in [2.05, 4.69) is 10.5 Å². The summed E-state index contributed by atoms with van der Waals surface area (Å²) in [5, 5.41) is 6.62. The van der Waals surface area contributed by atoms with Crippen LogP contribution in [0.1, 0.15) is 10.4 Å². The van der Waals surface area contributed by atoms with Crippen LogP contribution in [0, 0.1) is 0 Å². The van der Waals surface area contributed by atoms with Crippen molar-refractivity contribution in [1.29, 1.82) is 0 Å². The van der Waals surface area contributed by atoms with Gasteiger partial charge < -0.3 is 4.52 Å². The van der Waals surface area contributed by atoms with E-state index in [-0.39, 0.29) is 5.91 Å². The molecule has 3 rings (SSSR count). The minimum absolute atomic E-state index is 0.221. The van der Waals surface area contributed by atoms with Crippen molar-refractivity contribution in [3.8, 4) is 11.3 Å². The van der Waals surface area contributed by atoms with E-state index in [1.807, 2.05) is 48.5 Å². The Labute approximate surface area is 116 Å². The van der Waals surface area contributed by atoms with Crippen LogP contribution in [0.3, 0.4) is 0 Å². The summed E-state index contributed by atoms with van der Waals surface area (Å²) in [5.74, 6) is 0.110. The first-order chi connectivity index (χ1) is 9.83. The van der Waals surface area contributed by atoms with Crippen LogP contribution < -0.4 is 5.32 Å². The third-order valence-electron chi connectivity index (χ3n) is 2.85. The molecule has 1 heterocycles. The second-order valence-corrected chi connectivity index (χ2v) is 4.26. The number of nitrogens with zero attached hydrogens (tertiary/aromatic N) is 1. The number of nitrogens with one attached hydrogen (secondary N) is 1. The minimum Gasteiger partial charge on any atom is -0.338 e. The molecule has 4 nitrogen and oxygen atoms in total. The van der Waals surface area contributed by atoms with Crippen LogP contribution in [0.5, 0.6) is 0 Å². The topological polar surface area (TPSA) is 55.1 Å². The molecule has 0 saturated heterocycles. The van der Waals surface area contributed by atoms with Crippen LogP contribution >= 0.6 is 0 Å². The van der Waals surface area contributed by atoms with Gasteiger partial charge in [-0.15, -0.1) is 0 Å². The van der Waals surface area contributed by atoms with Crippen molar-refractivity contribution < 1.29 is 9.32 Å². The van der Waals surface area contributed by atoms with E-state index in [1.165, 1.54) is 0 Å². The fourth-order valence-corrected chi connectivity index (χ4v) is 1.85. The van der Waals surface area contributed by atoms with E-state index in [9.17, 15) is 4.79 Å². The number of benzene rings is 2. The molecule has 0 bridgehead atoms. The highest BCUT2D eigenvalue weighted by molar-refractivity contribution is 6.03. The first kappa shape index (κ1) is 12.2. The van der Waals surface area contributed by atoms with Gasteiger partial charge in [-0.2, -0.15) is 0 Å². The summed E-state index contributed by atoms with van der Waals surface area (Å²) in [6.07, 6.45) is 0. The summed E-state index contributed by atoms with van der Waals surface area (Å²) >= 11 is 0. The third kappa shape index (κ3) is 2.59. The second-order valence-electron chi connectivity index (χ2n) is 4.26. The molecule has 1 N–H and O–H groups in total. The van der Waals surface area contributed by atoms with Gasteiger partial charge in [-0.25, -0.2) is 0 Å². The molecule has 0 aliphatic heterocycles. The third-order valence-corrected chi connectivity index (χ3v) is 2.85. The highest BCUT2D eigenvalue weighted by atomic mass is 16.5. The Kier molecular flexibility index (Phi) is 3.29. The Morgan fingerprint density at radius 1 is 0.950 bits per heavy atom. The Morgan fingerprint density at radius 3 is 2.30 bits per heavy atom. The molecule has 20 heavy (non-hydrogen) atoms. The van der Waals surface area contributed by atoms with Gasteiger partial charge >= 0.3 is 0 Å². The molecule has 0 saturated carbocycles. The molecule has 0 radical (unpaired) electrons. The number of carbonyl (C=O) groups is 1. The van der Waals surface area contributed by atoms with Crippen molar-refractivity contribution in [1.82, 2.24) is 5.16 Å². The fourth-order valence-electron chi connectivity index (χ4n) is 1.85. The van der Waals surface area contributed by atoms with Crippen LogP contribution in [-0.4, -0.2) is 11.1 Å². The Hall–Kier alpha value is -2.88. The van der Waals surface area contributed by atoms with E-state index in [0.29, 0.717) is 17.1 Å². The average Bonchev–Trinajstić information content (AvgIpc) is 2.97. The zero-order valence-corrected chi connectivity index (χ0v) is 10.6. The first-order valence-electron chi connectivity index (χ1n) is 6.21. The highest BCUT2D eigenvalue weighted by Gasteiger charge is 2.10. The normalized spacial score (nSPS) is 10.2. The molecule has 3 aromatic rings. The van der Waals surface area contributed by atoms with E-state index in [0.717, 1.165) is 5.56 Å². The number of aromatic nitrogens is 1. The lowest BCUT2D eigenvalue weighted by Gasteiger charge is -1.99. The molecule has 0 aliphatic carbocycles. The minimum atomic E-state index is -0.221. The molecule has 0 fully saturated rings. The summed E-state index contributed by atoms with van der Waals surface area (Å²) in [4.78, 5) is 12.0. The van der Waals surface area contributed by atoms with E-state index in [4.69, 9.17) is 4.52 Å². The number of rotatable bonds is 3. The van der Waals surface area contributed by atoms with E-state index >= 15 is 0 Å². The summed E-state index contributed by atoms with van der Waals surface area (Å²) in [6.45, 7) is 0. The van der Waals surface area contributed by atoms with Gasteiger partial charge in [0.15, 0.2) is 0 Å². The maximum Gasteiger partial charge on any atom is 0.258 e. The monoisotopic (exact) mass is 264 g/mol. The first-order valence-corrected chi connectivity index (χ1v) is 6.21. The zero-order valence-electron chi connectivity index (χ0n) is 10.6. The molecule has 98 valence electrons. The highest BCUT2D eigenvalue weighted by Crippen LogP contribution is 2.21. The lowest BCUT2D eigenvalue weighted by atomic mass is 10.1. The Bertz CT molecular complexity index is 706. The number of hydrogen-bond acceptors (Lipinski definition) is 3. The molecule has 0 unspecified atom stereocenters. The average molecular weight is 264 g/mol. The van der Waals surface area contributed by atoms with Crippen molar-refractivity contribution in [2.24, 2.45) is 0 Å². The van der Waals surface area contributed by atoms with Crippen LogP contribution in [0.4, 0.5) is 5.88 Å². The lowest BCUT2D eigenvalue weighted by Crippen LogP contribution is -2.10. The van der Waals surface area contributed by atoms with Crippen LogP contribution in [-0.2, 0) is 0 Å². The molecule has 2 aromatic carbocycles. The van der Waals surface area contributed by atoms with Gasteiger partial charge in [0.25, 0.3) is 5.91 Å². The van der Waals surface area contributed by atoms with E-state index in [1.54, 1.807) is 18.2 Å². The molecule has 0 spiro atoms. The maximum absolute atomic E-state index is 12.0. The Morgan fingerprint density at radius 2 is 1.60 bits per heavy atom. The predicted octanol–water partition coefficient (Wildman–Crippen LogP) is 3.59. The van der Waals surface area contributed by atoms with Crippen molar-refractivity contribution in [3.05, 3.63) is 72.3 Å².